The number of alkyl halides is 3. The van der Waals surface area contributed by atoms with Gasteiger partial charge in [-0.25, -0.2) is 0 Å². The Morgan fingerprint density at radius 3 is 2.53 bits per heavy atom. The van der Waals surface area contributed by atoms with Crippen molar-refractivity contribution in [3.05, 3.63) is 58.0 Å². The lowest BCUT2D eigenvalue weighted by molar-refractivity contribution is -0.384. The van der Waals surface area contributed by atoms with Crippen molar-refractivity contribution in [3.8, 4) is 0 Å². The molecule has 1 unspecified atom stereocenters. The molecule has 1 amide bonds. The van der Waals surface area contributed by atoms with E-state index in [1.165, 1.54) is 0 Å². The Hall–Kier alpha value is -3.08. The zero-order valence-electron chi connectivity index (χ0n) is 17.8. The van der Waals surface area contributed by atoms with Gasteiger partial charge in [-0.15, -0.1) is 0 Å². The van der Waals surface area contributed by atoms with Crippen molar-refractivity contribution in [2.75, 3.05) is 38.6 Å². The highest BCUT2D eigenvalue weighted by molar-refractivity contribution is 5.79. The van der Waals surface area contributed by atoms with Crippen molar-refractivity contribution in [3.63, 3.8) is 0 Å². The zero-order chi connectivity index (χ0) is 23.5. The minimum atomic E-state index is -4.66. The van der Waals surface area contributed by atoms with Crippen LogP contribution in [0.15, 0.2) is 41.0 Å². The van der Waals surface area contributed by atoms with E-state index in [0.717, 1.165) is 17.9 Å². The number of hydrogen-bond donors (Lipinski definition) is 1. The third-order valence-corrected chi connectivity index (χ3v) is 5.67. The molecule has 1 atom stereocenters. The van der Waals surface area contributed by atoms with E-state index in [0.29, 0.717) is 38.5 Å². The predicted molar refractivity (Wildman–Crippen MR) is 111 cm³/mol. The molecule has 1 aromatic carbocycles. The number of nitro groups is 1. The predicted octanol–water partition coefficient (Wildman–Crippen LogP) is 3.84. The molecule has 1 aromatic heterocycles. The lowest BCUT2D eigenvalue weighted by Gasteiger charge is -2.33. The van der Waals surface area contributed by atoms with Crippen molar-refractivity contribution in [1.82, 2.24) is 10.2 Å². The molecule has 11 heteroatoms. The number of rotatable bonds is 7. The van der Waals surface area contributed by atoms with Gasteiger partial charge in [0.25, 0.3) is 5.69 Å². The molecule has 174 valence electrons. The minimum Gasteiger partial charge on any atom is -0.468 e. The molecule has 1 N–H and O–H groups in total. The summed E-state index contributed by atoms with van der Waals surface area (Å²) in [4.78, 5) is 26.8. The van der Waals surface area contributed by atoms with E-state index in [9.17, 15) is 28.1 Å². The van der Waals surface area contributed by atoms with Crippen LogP contribution in [0.25, 0.3) is 0 Å². The largest absolute Gasteiger partial charge is 0.468 e. The first-order valence-corrected chi connectivity index (χ1v) is 10.2. The molecule has 0 saturated carbocycles. The smallest absolute Gasteiger partial charge is 0.416 e. The van der Waals surface area contributed by atoms with Gasteiger partial charge in [-0.1, -0.05) is 0 Å². The Morgan fingerprint density at radius 1 is 1.31 bits per heavy atom. The summed E-state index contributed by atoms with van der Waals surface area (Å²) in [6.07, 6.45) is -2.20. The molecule has 1 saturated heterocycles. The quantitative estimate of drug-likeness (QED) is 0.505. The van der Waals surface area contributed by atoms with Crippen LogP contribution in [-0.4, -0.2) is 49.5 Å². The van der Waals surface area contributed by atoms with Crippen LogP contribution >= 0.6 is 0 Å². The number of amides is 1. The number of benzene rings is 1. The number of furan rings is 1. The fourth-order valence-corrected chi connectivity index (χ4v) is 3.86. The first-order chi connectivity index (χ1) is 15.1. The first kappa shape index (κ1) is 23.6. The first-order valence-electron chi connectivity index (χ1n) is 10.2. The molecule has 0 aliphatic carbocycles. The van der Waals surface area contributed by atoms with Crippen molar-refractivity contribution >= 4 is 17.3 Å². The highest BCUT2D eigenvalue weighted by Crippen LogP contribution is 2.37. The summed E-state index contributed by atoms with van der Waals surface area (Å²) in [6, 6.07) is 6.04. The second kappa shape index (κ2) is 9.60. The van der Waals surface area contributed by atoms with Gasteiger partial charge in [-0.3, -0.25) is 19.8 Å². The SMILES string of the molecule is CN(C)C(CNC(=O)C1CCN(c2ccc(C(F)(F)F)cc2[N+](=O)[O-])CC1)c1ccco1. The summed E-state index contributed by atoms with van der Waals surface area (Å²) in [5.74, 6) is 0.337. The molecule has 1 aliphatic heterocycles. The van der Waals surface area contributed by atoms with Gasteiger partial charge in [0.05, 0.1) is 22.8 Å². The Labute approximate surface area is 183 Å². The molecule has 2 aromatic rings. The Morgan fingerprint density at radius 2 is 2.00 bits per heavy atom. The molecule has 0 bridgehead atoms. The number of nitrogens with one attached hydrogen (secondary N) is 1. The minimum absolute atomic E-state index is 0.120. The molecule has 0 spiro atoms. The van der Waals surface area contributed by atoms with Gasteiger partial charge in [-0.05, 0) is 51.2 Å². The fourth-order valence-electron chi connectivity index (χ4n) is 3.86. The van der Waals surface area contributed by atoms with Crippen molar-refractivity contribution in [2.45, 2.75) is 25.1 Å². The van der Waals surface area contributed by atoms with Crippen LogP contribution < -0.4 is 10.2 Å². The average molecular weight is 454 g/mol. The number of halogens is 3. The number of anilines is 1. The highest BCUT2D eigenvalue weighted by Gasteiger charge is 2.35. The molecule has 1 fully saturated rings. The maximum Gasteiger partial charge on any atom is 0.416 e. The highest BCUT2D eigenvalue weighted by atomic mass is 19.4. The van der Waals surface area contributed by atoms with E-state index in [1.807, 2.05) is 25.1 Å². The number of nitrogens with zero attached hydrogens (tertiary/aromatic N) is 3. The monoisotopic (exact) mass is 454 g/mol. The average Bonchev–Trinajstić information content (AvgIpc) is 3.27. The summed E-state index contributed by atoms with van der Waals surface area (Å²) in [5.41, 5.74) is -1.52. The fraction of sp³-hybridized carbons (Fsp3) is 0.476. The molecular formula is C21H25F3N4O4. The normalized spacial score (nSPS) is 16.2. The second-order valence-electron chi connectivity index (χ2n) is 7.96. The van der Waals surface area contributed by atoms with Gasteiger partial charge in [0.15, 0.2) is 0 Å². The van der Waals surface area contributed by atoms with E-state index in [-0.39, 0.29) is 23.6 Å². The standard InChI is InChI=1S/C21H25F3N4O4/c1-26(2)18(19-4-3-11-32-19)13-25-20(29)14-7-9-27(10-8-14)16-6-5-15(21(22,23)24)12-17(16)28(30)31/h3-6,11-12,14,18H,7-10,13H2,1-2H3,(H,25,29). The van der Waals surface area contributed by atoms with E-state index in [4.69, 9.17) is 4.42 Å². The maximum atomic E-state index is 12.9. The number of likely N-dealkylation sites (N-methyl/N-ethyl adjacent to an activating group) is 1. The van der Waals surface area contributed by atoms with Gasteiger partial charge in [0, 0.05) is 31.6 Å². The van der Waals surface area contributed by atoms with Crippen molar-refractivity contribution in [1.29, 1.82) is 0 Å². The zero-order valence-corrected chi connectivity index (χ0v) is 17.8. The summed E-state index contributed by atoms with van der Waals surface area (Å²) in [7, 11) is 3.77. The van der Waals surface area contributed by atoms with Gasteiger partial charge in [0.1, 0.15) is 11.4 Å². The van der Waals surface area contributed by atoms with E-state index in [2.05, 4.69) is 5.32 Å². The summed E-state index contributed by atoms with van der Waals surface area (Å²) < 4.78 is 44.2. The number of piperidine rings is 1. The van der Waals surface area contributed by atoms with Gasteiger partial charge >= 0.3 is 6.18 Å². The van der Waals surface area contributed by atoms with Crippen LogP contribution in [0.1, 0.15) is 30.2 Å². The molecule has 8 nitrogen and oxygen atoms in total. The number of hydrogen-bond acceptors (Lipinski definition) is 6. The van der Waals surface area contributed by atoms with Gasteiger partial charge in [0.2, 0.25) is 5.91 Å². The van der Waals surface area contributed by atoms with E-state index >= 15 is 0 Å². The Balaban J connectivity index is 1.61. The molecule has 2 heterocycles. The lowest BCUT2D eigenvalue weighted by atomic mass is 9.95. The van der Waals surface area contributed by atoms with Crippen molar-refractivity contribution < 1.29 is 27.3 Å². The number of carbonyl (C=O) groups is 1. The van der Waals surface area contributed by atoms with Crippen LogP contribution in [0.2, 0.25) is 0 Å². The molecule has 32 heavy (non-hydrogen) atoms. The molecule has 0 radical (unpaired) electrons. The van der Waals surface area contributed by atoms with Gasteiger partial charge < -0.3 is 14.6 Å². The number of nitro benzene ring substituents is 1. The third kappa shape index (κ3) is 5.39. The summed E-state index contributed by atoms with van der Waals surface area (Å²) in [6.45, 7) is 1.03. The second-order valence-corrected chi connectivity index (χ2v) is 7.96. The van der Waals surface area contributed by atoms with Crippen molar-refractivity contribution in [2.24, 2.45) is 5.92 Å². The maximum absolute atomic E-state index is 12.9. The molecule has 1 aliphatic rings. The Bertz CT molecular complexity index is 939. The van der Waals surface area contributed by atoms with Crippen LogP contribution in [0.4, 0.5) is 24.5 Å². The lowest BCUT2D eigenvalue weighted by Crippen LogP contribution is -2.42. The van der Waals surface area contributed by atoms with Crippen LogP contribution in [0, 0.1) is 16.0 Å². The van der Waals surface area contributed by atoms with Crippen LogP contribution in [-0.2, 0) is 11.0 Å². The number of carbonyl (C=O) groups excluding carboxylic acids is 1. The third-order valence-electron chi connectivity index (χ3n) is 5.67. The summed E-state index contributed by atoms with van der Waals surface area (Å²) in [5, 5.41) is 14.3. The topological polar surface area (TPSA) is 91.9 Å². The molecular weight excluding hydrogens is 429 g/mol. The summed E-state index contributed by atoms with van der Waals surface area (Å²) >= 11 is 0. The van der Waals surface area contributed by atoms with Crippen LogP contribution in [0.5, 0.6) is 0 Å². The Kier molecular flexibility index (Phi) is 7.07. The molecule has 3 rings (SSSR count). The van der Waals surface area contributed by atoms with Gasteiger partial charge in [-0.2, -0.15) is 13.2 Å². The van der Waals surface area contributed by atoms with E-state index in [1.54, 1.807) is 17.2 Å². The van der Waals surface area contributed by atoms with Crippen LogP contribution in [0.3, 0.4) is 0 Å². The van der Waals surface area contributed by atoms with E-state index < -0.39 is 22.4 Å².